The summed E-state index contributed by atoms with van der Waals surface area (Å²) in [5.41, 5.74) is -2.22. The summed E-state index contributed by atoms with van der Waals surface area (Å²) in [6, 6.07) is 8.01. The van der Waals surface area contributed by atoms with E-state index in [-0.39, 0.29) is 38.4 Å². The van der Waals surface area contributed by atoms with Gasteiger partial charge in [0.1, 0.15) is 0 Å². The van der Waals surface area contributed by atoms with E-state index in [4.69, 9.17) is 0 Å². The van der Waals surface area contributed by atoms with E-state index in [0.717, 1.165) is 34.6 Å². The van der Waals surface area contributed by atoms with Crippen LogP contribution in [0.25, 0.3) is 0 Å². The van der Waals surface area contributed by atoms with Crippen molar-refractivity contribution in [2.24, 2.45) is 0 Å². The van der Waals surface area contributed by atoms with Crippen LogP contribution >= 0.6 is 0 Å². The standard InChI is InChI=1S/C20H19F6N3O3S/c21-19(22,23)14-4-3-5-15(12-14)27-18(30)13-28-8-10-29(11-9-28)33(31,32)17-7-2-1-6-16(17)20(24,25)26/h1-7,12H,8-11,13H2,(H,27,30). The second-order valence-corrected chi connectivity index (χ2v) is 9.21. The minimum absolute atomic E-state index is 0.0419. The van der Waals surface area contributed by atoms with Gasteiger partial charge in [0.15, 0.2) is 0 Å². The molecule has 3 rings (SSSR count). The Balaban J connectivity index is 1.61. The molecule has 0 bridgehead atoms. The van der Waals surface area contributed by atoms with Crippen LogP contribution in [-0.2, 0) is 27.2 Å². The van der Waals surface area contributed by atoms with Gasteiger partial charge in [0.25, 0.3) is 0 Å². The van der Waals surface area contributed by atoms with Gasteiger partial charge in [-0.15, -0.1) is 0 Å². The summed E-state index contributed by atoms with van der Waals surface area (Å²) < 4.78 is 104. The molecular weight excluding hydrogens is 476 g/mol. The third-order valence-corrected chi connectivity index (χ3v) is 6.94. The SMILES string of the molecule is O=C(CN1CCN(S(=O)(=O)c2ccccc2C(F)(F)F)CC1)Nc1cccc(C(F)(F)F)c1. The smallest absolute Gasteiger partial charge is 0.325 e. The lowest BCUT2D eigenvalue weighted by Gasteiger charge is -2.34. The normalized spacial score (nSPS) is 16.5. The maximum Gasteiger partial charge on any atom is 0.417 e. The molecule has 0 spiro atoms. The van der Waals surface area contributed by atoms with Crippen LogP contribution in [0.2, 0.25) is 0 Å². The summed E-state index contributed by atoms with van der Waals surface area (Å²) in [6.07, 6.45) is -9.40. The molecule has 0 aliphatic carbocycles. The highest BCUT2D eigenvalue weighted by Gasteiger charge is 2.39. The fourth-order valence-corrected chi connectivity index (χ4v) is 5.00. The number of hydrogen-bond donors (Lipinski definition) is 1. The van der Waals surface area contributed by atoms with Crippen molar-refractivity contribution in [2.45, 2.75) is 17.2 Å². The molecule has 0 unspecified atom stereocenters. The van der Waals surface area contributed by atoms with Crippen LogP contribution in [0.1, 0.15) is 11.1 Å². The third-order valence-electron chi connectivity index (χ3n) is 4.98. The van der Waals surface area contributed by atoms with Gasteiger partial charge in [-0.1, -0.05) is 18.2 Å². The second-order valence-electron chi connectivity index (χ2n) is 7.30. The lowest BCUT2D eigenvalue weighted by molar-refractivity contribution is -0.140. The summed E-state index contributed by atoms with van der Waals surface area (Å²) in [5.74, 6) is -0.604. The molecule has 1 aliphatic rings. The number of anilines is 1. The van der Waals surface area contributed by atoms with Crippen LogP contribution < -0.4 is 5.32 Å². The number of amides is 1. The lowest BCUT2D eigenvalue weighted by atomic mass is 10.2. The van der Waals surface area contributed by atoms with Crippen molar-refractivity contribution in [3.8, 4) is 0 Å². The molecule has 1 fully saturated rings. The average molecular weight is 495 g/mol. The van der Waals surface area contributed by atoms with Gasteiger partial charge in [0.2, 0.25) is 15.9 Å². The molecular formula is C20H19F6N3O3S. The quantitative estimate of drug-likeness (QED) is 0.643. The van der Waals surface area contributed by atoms with Crippen molar-refractivity contribution < 1.29 is 39.6 Å². The predicted molar refractivity (Wildman–Crippen MR) is 107 cm³/mol. The Kier molecular flexibility index (Phi) is 7.05. The molecule has 1 N–H and O–H groups in total. The van der Waals surface area contributed by atoms with E-state index < -0.39 is 44.3 Å². The van der Waals surface area contributed by atoms with Gasteiger partial charge >= 0.3 is 12.4 Å². The highest BCUT2D eigenvalue weighted by atomic mass is 32.2. The average Bonchev–Trinajstić information content (AvgIpc) is 2.73. The summed E-state index contributed by atoms with van der Waals surface area (Å²) in [5, 5.41) is 2.36. The molecule has 1 aliphatic heterocycles. The van der Waals surface area contributed by atoms with E-state index in [9.17, 15) is 39.6 Å². The Hall–Kier alpha value is -2.64. The molecule has 33 heavy (non-hydrogen) atoms. The maximum absolute atomic E-state index is 13.2. The molecule has 2 aromatic rings. The Bertz CT molecular complexity index is 1110. The van der Waals surface area contributed by atoms with Crippen molar-refractivity contribution in [3.63, 3.8) is 0 Å². The number of benzene rings is 2. The minimum Gasteiger partial charge on any atom is -0.325 e. The zero-order valence-corrected chi connectivity index (χ0v) is 17.8. The largest absolute Gasteiger partial charge is 0.417 e. The first-order chi connectivity index (χ1) is 15.3. The Morgan fingerprint density at radius 1 is 0.879 bits per heavy atom. The fourth-order valence-electron chi connectivity index (χ4n) is 3.37. The summed E-state index contributed by atoms with van der Waals surface area (Å²) >= 11 is 0. The van der Waals surface area contributed by atoms with Gasteiger partial charge < -0.3 is 5.32 Å². The van der Waals surface area contributed by atoms with Gasteiger partial charge in [-0.2, -0.15) is 30.6 Å². The van der Waals surface area contributed by atoms with E-state index in [0.29, 0.717) is 6.07 Å². The molecule has 0 saturated carbocycles. The van der Waals surface area contributed by atoms with Crippen LogP contribution in [0, 0.1) is 0 Å². The number of rotatable bonds is 5. The summed E-state index contributed by atoms with van der Waals surface area (Å²) in [7, 11) is -4.42. The number of carbonyl (C=O) groups excluding carboxylic acids is 1. The summed E-state index contributed by atoms with van der Waals surface area (Å²) in [6.45, 7) is -0.396. The number of nitrogens with zero attached hydrogens (tertiary/aromatic N) is 2. The van der Waals surface area contributed by atoms with E-state index in [1.165, 1.54) is 12.1 Å². The van der Waals surface area contributed by atoms with E-state index in [2.05, 4.69) is 5.32 Å². The molecule has 180 valence electrons. The summed E-state index contributed by atoms with van der Waals surface area (Å²) in [4.78, 5) is 12.9. The van der Waals surface area contributed by atoms with Crippen molar-refractivity contribution in [3.05, 3.63) is 59.7 Å². The topological polar surface area (TPSA) is 69.7 Å². The first kappa shape index (κ1) is 25.0. The van der Waals surface area contributed by atoms with Crippen molar-refractivity contribution in [1.29, 1.82) is 0 Å². The van der Waals surface area contributed by atoms with E-state index >= 15 is 0 Å². The number of alkyl halides is 6. The van der Waals surface area contributed by atoms with E-state index in [1.54, 1.807) is 4.90 Å². The lowest BCUT2D eigenvalue weighted by Crippen LogP contribution is -2.50. The van der Waals surface area contributed by atoms with Crippen LogP contribution in [0.4, 0.5) is 32.0 Å². The monoisotopic (exact) mass is 495 g/mol. The molecule has 1 saturated heterocycles. The number of sulfonamides is 1. The van der Waals surface area contributed by atoms with Gasteiger partial charge in [-0.25, -0.2) is 8.42 Å². The van der Waals surface area contributed by atoms with Gasteiger partial charge in [-0.05, 0) is 30.3 Å². The molecule has 0 radical (unpaired) electrons. The molecule has 0 atom stereocenters. The second kappa shape index (κ2) is 9.31. The van der Waals surface area contributed by atoms with Gasteiger partial charge in [-0.3, -0.25) is 9.69 Å². The Labute approximate surface area is 185 Å². The number of halogens is 6. The molecule has 13 heteroatoms. The highest BCUT2D eigenvalue weighted by Crippen LogP contribution is 2.35. The van der Waals surface area contributed by atoms with Crippen molar-refractivity contribution in [2.75, 3.05) is 38.0 Å². The first-order valence-corrected chi connectivity index (χ1v) is 11.1. The Morgan fingerprint density at radius 3 is 2.12 bits per heavy atom. The molecule has 1 heterocycles. The molecule has 6 nitrogen and oxygen atoms in total. The van der Waals surface area contributed by atoms with Crippen molar-refractivity contribution in [1.82, 2.24) is 9.21 Å². The van der Waals surface area contributed by atoms with E-state index in [1.807, 2.05) is 0 Å². The molecule has 2 aromatic carbocycles. The fraction of sp³-hybridized carbons (Fsp3) is 0.350. The highest BCUT2D eigenvalue weighted by molar-refractivity contribution is 7.89. The van der Waals surface area contributed by atoms with Crippen LogP contribution in [-0.4, -0.2) is 56.3 Å². The minimum atomic E-state index is -4.84. The number of nitrogens with one attached hydrogen (secondary N) is 1. The number of hydrogen-bond acceptors (Lipinski definition) is 4. The van der Waals surface area contributed by atoms with Gasteiger partial charge in [0, 0.05) is 31.9 Å². The maximum atomic E-state index is 13.2. The van der Waals surface area contributed by atoms with Crippen LogP contribution in [0.15, 0.2) is 53.4 Å². The zero-order chi connectivity index (χ0) is 24.4. The Morgan fingerprint density at radius 2 is 1.52 bits per heavy atom. The van der Waals surface area contributed by atoms with Crippen molar-refractivity contribution >= 4 is 21.6 Å². The zero-order valence-electron chi connectivity index (χ0n) is 16.9. The number of carbonyl (C=O) groups is 1. The first-order valence-electron chi connectivity index (χ1n) is 9.64. The van der Waals surface area contributed by atoms with Gasteiger partial charge in [0.05, 0.1) is 22.6 Å². The van der Waals surface area contributed by atoms with Crippen LogP contribution in [0.3, 0.4) is 0 Å². The molecule has 1 amide bonds. The number of piperazine rings is 1. The predicted octanol–water partition coefficient (Wildman–Crippen LogP) is 3.67. The molecule has 0 aromatic heterocycles. The third kappa shape index (κ3) is 6.03. The van der Waals surface area contributed by atoms with Crippen LogP contribution in [0.5, 0.6) is 0 Å².